The Kier molecular flexibility index (Phi) is 6.80. The maximum Gasteiger partial charge on any atom is 0.322 e. The van der Waals surface area contributed by atoms with E-state index in [1.165, 1.54) is 11.0 Å². The zero-order chi connectivity index (χ0) is 23.2. The Labute approximate surface area is 191 Å². The lowest BCUT2D eigenvalue weighted by molar-refractivity contribution is 0.0722. The van der Waals surface area contributed by atoms with E-state index in [0.717, 1.165) is 10.8 Å². The lowest BCUT2D eigenvalue weighted by Crippen LogP contribution is -2.45. The molecule has 0 aliphatic heterocycles. The minimum Gasteiger partial charge on any atom is -0.490 e. The summed E-state index contributed by atoms with van der Waals surface area (Å²) < 4.78 is 7.40. The molecule has 2 N–H and O–H groups in total. The van der Waals surface area contributed by atoms with Crippen LogP contribution in [-0.4, -0.2) is 61.1 Å². The average Bonchev–Trinajstić information content (AvgIpc) is 3.36. The van der Waals surface area contributed by atoms with Crippen molar-refractivity contribution in [1.29, 1.82) is 0 Å². The highest BCUT2D eigenvalue weighted by Crippen LogP contribution is 2.25. The van der Waals surface area contributed by atoms with E-state index in [0.29, 0.717) is 17.3 Å². The molecule has 2 aromatic heterocycles. The number of anilines is 1. The topological polar surface area (TPSA) is 105 Å². The van der Waals surface area contributed by atoms with Crippen molar-refractivity contribution in [2.24, 2.45) is 0 Å². The van der Waals surface area contributed by atoms with Gasteiger partial charge >= 0.3 is 6.03 Å². The fraction of sp³-hybridized carbons (Fsp3) is 0.250. The number of hydrogen-bond donors (Lipinski definition) is 2. The molecule has 0 unspecified atom stereocenters. The number of nitrogens with one attached hydrogen (secondary N) is 1. The van der Waals surface area contributed by atoms with Crippen molar-refractivity contribution in [3.8, 4) is 11.6 Å². The Bertz CT molecular complexity index is 1190. The highest BCUT2D eigenvalue weighted by atomic mass is 16.5. The van der Waals surface area contributed by atoms with E-state index in [9.17, 15) is 9.90 Å². The molecule has 0 aliphatic carbocycles. The molecule has 0 spiro atoms. The Hall–Kier alpha value is -3.98. The standard InChI is InChI=1S/C24H26N6O3/c1-17(2)29(24(32)28-19-10-11-23(26-12-19)30-16-25-15-27-30)13-20(31)14-33-22-9-5-7-18-6-3-4-8-21(18)22/h3-12,15-17,20,31H,13-14H2,1-2H3,(H,28,32)/t20-/m1/s1. The number of urea groups is 1. The monoisotopic (exact) mass is 446 g/mol. The van der Waals surface area contributed by atoms with Gasteiger partial charge in [0.05, 0.1) is 18.4 Å². The van der Waals surface area contributed by atoms with E-state index in [1.807, 2.05) is 56.3 Å². The van der Waals surface area contributed by atoms with Crippen LogP contribution in [0.1, 0.15) is 13.8 Å². The van der Waals surface area contributed by atoms with Crippen molar-refractivity contribution in [3.05, 3.63) is 73.4 Å². The van der Waals surface area contributed by atoms with E-state index in [-0.39, 0.29) is 25.2 Å². The van der Waals surface area contributed by atoms with Crippen LogP contribution in [0.25, 0.3) is 16.6 Å². The lowest BCUT2D eigenvalue weighted by Gasteiger charge is -2.29. The van der Waals surface area contributed by atoms with Crippen LogP contribution in [0.15, 0.2) is 73.4 Å². The molecule has 170 valence electrons. The number of aromatic nitrogens is 4. The Morgan fingerprint density at radius 1 is 1.15 bits per heavy atom. The largest absolute Gasteiger partial charge is 0.490 e. The minimum absolute atomic E-state index is 0.0681. The number of rotatable bonds is 8. The van der Waals surface area contributed by atoms with Gasteiger partial charge in [-0.2, -0.15) is 5.10 Å². The lowest BCUT2D eigenvalue weighted by atomic mass is 10.1. The van der Waals surface area contributed by atoms with Gasteiger partial charge in [0.15, 0.2) is 5.82 Å². The first-order valence-electron chi connectivity index (χ1n) is 10.7. The Balaban J connectivity index is 1.36. The van der Waals surface area contributed by atoms with E-state index >= 15 is 0 Å². The molecule has 0 saturated carbocycles. The van der Waals surface area contributed by atoms with Gasteiger partial charge in [0.1, 0.15) is 31.1 Å². The third-order valence-corrected chi connectivity index (χ3v) is 5.13. The number of amides is 2. The van der Waals surface area contributed by atoms with Gasteiger partial charge in [-0.3, -0.25) is 0 Å². The number of aliphatic hydroxyl groups excluding tert-OH is 1. The molecule has 0 radical (unpaired) electrons. The third kappa shape index (κ3) is 5.45. The highest BCUT2D eigenvalue weighted by Gasteiger charge is 2.21. The van der Waals surface area contributed by atoms with Gasteiger partial charge in [-0.1, -0.05) is 36.4 Å². The SMILES string of the molecule is CC(C)N(C[C@@H](O)COc1cccc2ccccc12)C(=O)Nc1ccc(-n2cncn2)nc1. The Morgan fingerprint density at radius 2 is 1.97 bits per heavy atom. The van der Waals surface area contributed by atoms with Crippen LogP contribution in [0, 0.1) is 0 Å². The van der Waals surface area contributed by atoms with Crippen LogP contribution >= 0.6 is 0 Å². The molecule has 4 aromatic rings. The molecule has 2 amide bonds. The van der Waals surface area contributed by atoms with Crippen LogP contribution in [0.2, 0.25) is 0 Å². The summed E-state index contributed by atoms with van der Waals surface area (Å²) in [6.07, 6.45) is 3.66. The first kappa shape index (κ1) is 22.2. The quantitative estimate of drug-likeness (QED) is 0.429. The van der Waals surface area contributed by atoms with Gasteiger partial charge < -0.3 is 20.1 Å². The van der Waals surface area contributed by atoms with E-state index < -0.39 is 6.10 Å². The number of carbonyl (C=O) groups is 1. The summed E-state index contributed by atoms with van der Waals surface area (Å²) in [4.78, 5) is 22.6. The summed E-state index contributed by atoms with van der Waals surface area (Å²) in [5.74, 6) is 1.29. The first-order chi connectivity index (χ1) is 16.0. The molecule has 9 nitrogen and oxygen atoms in total. The zero-order valence-electron chi connectivity index (χ0n) is 18.5. The predicted molar refractivity (Wildman–Crippen MR) is 125 cm³/mol. The summed E-state index contributed by atoms with van der Waals surface area (Å²) in [7, 11) is 0. The molecule has 0 saturated heterocycles. The second-order valence-electron chi connectivity index (χ2n) is 7.86. The van der Waals surface area contributed by atoms with Gasteiger partial charge in [-0.15, -0.1) is 0 Å². The number of hydrogen-bond acceptors (Lipinski definition) is 6. The number of nitrogens with zero attached hydrogens (tertiary/aromatic N) is 5. The maximum atomic E-state index is 12.9. The number of aliphatic hydroxyl groups is 1. The van der Waals surface area contributed by atoms with Crippen LogP contribution in [0.5, 0.6) is 5.75 Å². The zero-order valence-corrected chi connectivity index (χ0v) is 18.5. The number of benzene rings is 2. The van der Waals surface area contributed by atoms with Crippen LogP contribution in [0.3, 0.4) is 0 Å². The summed E-state index contributed by atoms with van der Waals surface area (Å²) in [5, 5.41) is 19.5. The van der Waals surface area contributed by atoms with Crippen molar-refractivity contribution >= 4 is 22.5 Å². The molecule has 1 atom stereocenters. The molecule has 0 bridgehead atoms. The van der Waals surface area contributed by atoms with E-state index in [1.54, 1.807) is 29.6 Å². The molecule has 0 aliphatic rings. The smallest absolute Gasteiger partial charge is 0.322 e. The van der Waals surface area contributed by atoms with Crippen molar-refractivity contribution < 1.29 is 14.6 Å². The summed E-state index contributed by atoms with van der Waals surface area (Å²) in [6, 6.07) is 16.7. The van der Waals surface area contributed by atoms with Gasteiger partial charge in [0.2, 0.25) is 0 Å². The fourth-order valence-corrected chi connectivity index (χ4v) is 3.43. The molecule has 2 heterocycles. The molecular weight excluding hydrogens is 420 g/mol. The molecule has 4 rings (SSSR count). The number of pyridine rings is 1. The van der Waals surface area contributed by atoms with E-state index in [2.05, 4.69) is 20.4 Å². The second-order valence-corrected chi connectivity index (χ2v) is 7.86. The summed E-state index contributed by atoms with van der Waals surface area (Å²) in [6.45, 7) is 3.98. The average molecular weight is 447 g/mol. The molecule has 0 fully saturated rings. The van der Waals surface area contributed by atoms with Gasteiger partial charge in [-0.25, -0.2) is 19.4 Å². The molecule has 33 heavy (non-hydrogen) atoms. The minimum atomic E-state index is -0.857. The van der Waals surface area contributed by atoms with Crippen LogP contribution in [0.4, 0.5) is 10.5 Å². The number of ether oxygens (including phenoxy) is 1. The highest BCUT2D eigenvalue weighted by molar-refractivity contribution is 5.89. The third-order valence-electron chi connectivity index (χ3n) is 5.13. The van der Waals surface area contributed by atoms with Crippen LogP contribution < -0.4 is 10.1 Å². The first-order valence-corrected chi connectivity index (χ1v) is 10.7. The predicted octanol–water partition coefficient (Wildman–Crippen LogP) is 3.50. The number of fused-ring (bicyclic) bond motifs is 1. The van der Waals surface area contributed by atoms with E-state index in [4.69, 9.17) is 4.74 Å². The number of carbonyl (C=O) groups excluding carboxylic acids is 1. The Morgan fingerprint density at radius 3 is 2.70 bits per heavy atom. The van der Waals surface area contributed by atoms with Gasteiger partial charge in [-0.05, 0) is 37.4 Å². The van der Waals surface area contributed by atoms with Gasteiger partial charge in [0, 0.05) is 11.4 Å². The van der Waals surface area contributed by atoms with Crippen molar-refractivity contribution in [2.75, 3.05) is 18.5 Å². The van der Waals surface area contributed by atoms with Gasteiger partial charge in [0.25, 0.3) is 0 Å². The van der Waals surface area contributed by atoms with Crippen LogP contribution in [-0.2, 0) is 0 Å². The molecule has 2 aromatic carbocycles. The maximum absolute atomic E-state index is 12.9. The second kappa shape index (κ2) is 10.1. The molecular formula is C24H26N6O3. The fourth-order valence-electron chi connectivity index (χ4n) is 3.43. The normalized spacial score (nSPS) is 12.0. The summed E-state index contributed by atoms with van der Waals surface area (Å²) >= 11 is 0. The van der Waals surface area contributed by atoms with Crippen molar-refractivity contribution in [3.63, 3.8) is 0 Å². The summed E-state index contributed by atoms with van der Waals surface area (Å²) in [5.41, 5.74) is 0.538. The van der Waals surface area contributed by atoms with Crippen molar-refractivity contribution in [2.45, 2.75) is 26.0 Å². The molecule has 9 heteroatoms. The van der Waals surface area contributed by atoms with Crippen molar-refractivity contribution in [1.82, 2.24) is 24.6 Å².